The topological polar surface area (TPSA) is 122 Å². The molecule has 1 aromatic carbocycles. The first-order valence-electron chi connectivity index (χ1n) is 11.5. The van der Waals surface area contributed by atoms with Gasteiger partial charge in [-0.2, -0.15) is 17.0 Å². The van der Waals surface area contributed by atoms with Crippen molar-refractivity contribution >= 4 is 40.9 Å². The van der Waals surface area contributed by atoms with Crippen LogP contribution in [0.1, 0.15) is 51.7 Å². The monoisotopic (exact) mass is 524 g/mol. The Labute approximate surface area is 218 Å². The maximum Gasteiger partial charge on any atom is 0.274 e. The Morgan fingerprint density at radius 1 is 1.31 bits per heavy atom. The Hall–Kier alpha value is -3.55. The molecule has 0 atom stereocenters. The lowest BCUT2D eigenvalue weighted by Gasteiger charge is -2.24. The van der Waals surface area contributed by atoms with Gasteiger partial charge in [-0.15, -0.1) is 5.10 Å². The number of halogens is 1. The van der Waals surface area contributed by atoms with Gasteiger partial charge in [0.25, 0.3) is 11.8 Å². The second-order valence-electron chi connectivity index (χ2n) is 8.26. The Morgan fingerprint density at radius 3 is 2.78 bits per heavy atom. The smallest absolute Gasteiger partial charge is 0.274 e. The van der Waals surface area contributed by atoms with Crippen LogP contribution in [-0.2, 0) is 0 Å². The number of nitriles is 1. The van der Waals surface area contributed by atoms with Crippen LogP contribution in [0.25, 0.3) is 5.82 Å². The van der Waals surface area contributed by atoms with Crippen molar-refractivity contribution in [2.75, 3.05) is 23.4 Å². The van der Waals surface area contributed by atoms with E-state index < -0.39 is 5.91 Å². The normalized spacial score (nSPS) is 12.9. The molecule has 0 radical (unpaired) electrons. The van der Waals surface area contributed by atoms with Crippen LogP contribution < -0.4 is 15.4 Å². The summed E-state index contributed by atoms with van der Waals surface area (Å²) in [5.74, 6) is 1.35. The lowest BCUT2D eigenvalue weighted by molar-refractivity contribution is 0.0954. The molecule has 1 saturated heterocycles. The van der Waals surface area contributed by atoms with Crippen molar-refractivity contribution < 1.29 is 14.3 Å². The highest BCUT2D eigenvalue weighted by Gasteiger charge is 2.26. The van der Waals surface area contributed by atoms with E-state index in [4.69, 9.17) is 16.3 Å². The summed E-state index contributed by atoms with van der Waals surface area (Å²) in [6.07, 6.45) is 3.31. The van der Waals surface area contributed by atoms with E-state index in [1.807, 2.05) is 6.92 Å². The minimum absolute atomic E-state index is 0.0210. The minimum atomic E-state index is -0.530. The second-order valence-corrected chi connectivity index (χ2v) is 9.74. The molecular formula is C25H25ClN6O3S. The third-order valence-corrected chi connectivity index (χ3v) is 7.03. The van der Waals surface area contributed by atoms with Crippen molar-refractivity contribution in [3.63, 3.8) is 0 Å². The molecule has 2 aromatic heterocycles. The van der Waals surface area contributed by atoms with Crippen LogP contribution >= 0.6 is 23.4 Å². The second kappa shape index (κ2) is 11.5. The van der Waals surface area contributed by atoms with E-state index in [1.54, 1.807) is 43.1 Å². The molecule has 9 nitrogen and oxygen atoms in total. The van der Waals surface area contributed by atoms with E-state index in [1.165, 1.54) is 16.8 Å². The Bertz CT molecular complexity index is 1330. The highest BCUT2D eigenvalue weighted by molar-refractivity contribution is 8.00. The summed E-state index contributed by atoms with van der Waals surface area (Å²) < 4.78 is 7.23. The Morgan fingerprint density at radius 2 is 2.11 bits per heavy atom. The molecule has 0 aliphatic carbocycles. The van der Waals surface area contributed by atoms with Crippen LogP contribution in [0.5, 0.6) is 5.88 Å². The van der Waals surface area contributed by atoms with Gasteiger partial charge in [0, 0.05) is 30.3 Å². The third kappa shape index (κ3) is 5.64. The molecule has 2 N–H and O–H groups in total. The third-order valence-electron chi connectivity index (χ3n) is 5.52. The molecule has 36 heavy (non-hydrogen) atoms. The molecule has 11 heteroatoms. The average Bonchev–Trinajstić information content (AvgIpc) is 3.26. The molecule has 0 spiro atoms. The molecule has 3 heterocycles. The van der Waals surface area contributed by atoms with Crippen LogP contribution in [0.3, 0.4) is 0 Å². The zero-order chi connectivity index (χ0) is 25.7. The molecule has 4 rings (SSSR count). The number of ether oxygens (including phenoxy) is 1. The summed E-state index contributed by atoms with van der Waals surface area (Å²) in [6.45, 7) is 4.25. The summed E-state index contributed by atoms with van der Waals surface area (Å²) in [4.78, 5) is 30.8. The van der Waals surface area contributed by atoms with Crippen molar-refractivity contribution in [3.8, 4) is 17.8 Å². The van der Waals surface area contributed by atoms with Gasteiger partial charge < -0.3 is 15.4 Å². The maximum absolute atomic E-state index is 13.5. The van der Waals surface area contributed by atoms with E-state index in [-0.39, 0.29) is 35.0 Å². The van der Waals surface area contributed by atoms with Gasteiger partial charge in [0.2, 0.25) is 5.88 Å². The highest BCUT2D eigenvalue weighted by Crippen LogP contribution is 2.28. The summed E-state index contributed by atoms with van der Waals surface area (Å²) >= 11 is 8.12. The van der Waals surface area contributed by atoms with E-state index in [2.05, 4.69) is 26.8 Å². The molecule has 1 aliphatic rings. The van der Waals surface area contributed by atoms with Gasteiger partial charge in [-0.05, 0) is 43.2 Å². The molecule has 2 amide bonds. The van der Waals surface area contributed by atoms with Gasteiger partial charge in [-0.25, -0.2) is 9.67 Å². The molecule has 0 unspecified atom stereocenters. The van der Waals surface area contributed by atoms with E-state index in [9.17, 15) is 14.9 Å². The summed E-state index contributed by atoms with van der Waals surface area (Å²) in [5, 5.41) is 19.8. The number of pyridine rings is 1. The van der Waals surface area contributed by atoms with Gasteiger partial charge in [-0.3, -0.25) is 9.59 Å². The van der Waals surface area contributed by atoms with Crippen molar-refractivity contribution in [1.82, 2.24) is 20.1 Å². The fourth-order valence-electron chi connectivity index (χ4n) is 3.57. The Balaban J connectivity index is 1.70. The summed E-state index contributed by atoms with van der Waals surface area (Å²) in [5.41, 5.74) is 1.56. The molecule has 0 bridgehead atoms. The highest BCUT2D eigenvalue weighted by atomic mass is 35.5. The number of carbonyl (C=O) groups excluding carboxylic acids is 2. The standard InChI is InChI=1S/C25H25ClN6O3S/c1-3-4-7-29-24(33)18-10-16(12-27)9-15(2)22(18)30-25(34)20-11-21(35-17-13-36-14-17)31-32(20)23-19(26)6-5-8-28-23/h5-6,8-11,17H,3-4,7,13-14H2,1-2H3,(H,29,33)(H,30,34). The van der Waals surface area contributed by atoms with E-state index >= 15 is 0 Å². The fraction of sp³-hybridized carbons (Fsp3) is 0.320. The number of nitrogens with one attached hydrogen (secondary N) is 2. The number of aryl methyl sites for hydroxylation is 1. The number of rotatable bonds is 9. The van der Waals surface area contributed by atoms with Gasteiger partial charge >= 0.3 is 0 Å². The molecule has 1 aliphatic heterocycles. The largest absolute Gasteiger partial charge is 0.472 e. The lowest BCUT2D eigenvalue weighted by Crippen LogP contribution is -2.31. The first-order valence-corrected chi connectivity index (χ1v) is 13.0. The van der Waals surface area contributed by atoms with Crippen LogP contribution in [-0.4, -0.2) is 50.7 Å². The minimum Gasteiger partial charge on any atom is -0.472 e. The quantitative estimate of drug-likeness (QED) is 0.398. The van der Waals surface area contributed by atoms with Crippen molar-refractivity contribution in [3.05, 3.63) is 63.9 Å². The molecular weight excluding hydrogens is 500 g/mol. The molecule has 186 valence electrons. The van der Waals surface area contributed by atoms with Gasteiger partial charge in [0.05, 0.1) is 27.9 Å². The maximum atomic E-state index is 13.5. The van der Waals surface area contributed by atoms with Crippen LogP contribution in [0, 0.1) is 18.3 Å². The molecule has 0 saturated carbocycles. The first-order chi connectivity index (χ1) is 17.4. The van der Waals surface area contributed by atoms with Crippen molar-refractivity contribution in [1.29, 1.82) is 5.26 Å². The van der Waals surface area contributed by atoms with Crippen molar-refractivity contribution in [2.45, 2.75) is 32.8 Å². The number of aromatic nitrogens is 3. The SMILES string of the molecule is CCCCNC(=O)c1cc(C#N)cc(C)c1NC(=O)c1cc(OC2CSC2)nn1-c1ncccc1Cl. The van der Waals surface area contributed by atoms with Gasteiger partial charge in [-0.1, -0.05) is 24.9 Å². The number of nitrogens with zero attached hydrogens (tertiary/aromatic N) is 4. The number of unbranched alkanes of at least 4 members (excludes halogenated alkanes) is 1. The van der Waals surface area contributed by atoms with Crippen LogP contribution in [0.15, 0.2) is 36.5 Å². The van der Waals surface area contributed by atoms with Gasteiger partial charge in [0.15, 0.2) is 5.82 Å². The van der Waals surface area contributed by atoms with Gasteiger partial charge in [0.1, 0.15) is 11.8 Å². The fourth-order valence-corrected chi connectivity index (χ4v) is 4.34. The number of hydrogen-bond acceptors (Lipinski definition) is 7. The number of anilines is 1. The van der Waals surface area contributed by atoms with Crippen molar-refractivity contribution in [2.24, 2.45) is 0 Å². The Kier molecular flexibility index (Phi) is 8.13. The zero-order valence-electron chi connectivity index (χ0n) is 19.9. The first kappa shape index (κ1) is 25.5. The number of hydrogen-bond donors (Lipinski definition) is 2. The van der Waals surface area contributed by atoms with E-state index in [0.29, 0.717) is 28.4 Å². The molecule has 1 fully saturated rings. The predicted molar refractivity (Wildman–Crippen MR) is 139 cm³/mol. The predicted octanol–water partition coefficient (Wildman–Crippen LogP) is 4.38. The lowest BCUT2D eigenvalue weighted by atomic mass is 10.0. The van der Waals surface area contributed by atoms with E-state index in [0.717, 1.165) is 24.3 Å². The van der Waals surface area contributed by atoms with Crippen LogP contribution in [0.2, 0.25) is 5.02 Å². The number of carbonyl (C=O) groups is 2. The summed E-state index contributed by atoms with van der Waals surface area (Å²) in [7, 11) is 0. The number of benzene rings is 1. The average molecular weight is 525 g/mol. The molecule has 3 aromatic rings. The van der Waals surface area contributed by atoms with Crippen LogP contribution in [0.4, 0.5) is 5.69 Å². The number of thioether (sulfide) groups is 1. The number of amides is 2. The summed E-state index contributed by atoms with van der Waals surface area (Å²) in [6, 6.07) is 10.0. The zero-order valence-corrected chi connectivity index (χ0v) is 21.4.